The molecule has 2 unspecified atom stereocenters. The molecule has 1 N–H and O–H groups in total. The van der Waals surface area contributed by atoms with Gasteiger partial charge in [-0.2, -0.15) is 4.98 Å². The van der Waals surface area contributed by atoms with Gasteiger partial charge in [-0.15, -0.1) is 0 Å². The van der Waals surface area contributed by atoms with Crippen LogP contribution < -0.4 is 15.9 Å². The molecule has 6 nitrogen and oxygen atoms in total. The van der Waals surface area contributed by atoms with Crippen molar-refractivity contribution >= 4 is 34.0 Å². The van der Waals surface area contributed by atoms with Crippen LogP contribution in [0.3, 0.4) is 0 Å². The number of hydrogen-bond donors (Lipinski definition) is 1. The zero-order valence-corrected chi connectivity index (χ0v) is 16.2. The normalized spacial score (nSPS) is 23.4. The predicted octanol–water partition coefficient (Wildman–Crippen LogP) is 2.36. The van der Waals surface area contributed by atoms with Gasteiger partial charge in [0.25, 0.3) is 0 Å². The molecule has 26 heavy (non-hydrogen) atoms. The Hall–Kier alpha value is -1.86. The molecule has 1 saturated heterocycles. The van der Waals surface area contributed by atoms with Crippen molar-refractivity contribution in [1.82, 2.24) is 14.5 Å². The van der Waals surface area contributed by atoms with E-state index in [0.717, 1.165) is 19.5 Å². The smallest absolute Gasteiger partial charge is 0.349 e. The number of anilines is 2. The van der Waals surface area contributed by atoms with Gasteiger partial charge in [0.2, 0.25) is 0 Å². The van der Waals surface area contributed by atoms with Crippen LogP contribution in [0.2, 0.25) is 5.02 Å². The van der Waals surface area contributed by atoms with E-state index in [4.69, 9.17) is 11.6 Å². The molecule has 0 aliphatic carbocycles. The molecule has 8 heteroatoms. The van der Waals surface area contributed by atoms with Crippen molar-refractivity contribution < 1.29 is 4.39 Å². The SMILES string of the molecule is Cc1c(F)c2c3c(nc(=O)n(C)c3c1Cl)N1CC(C)N(C)CC1CCN2. The van der Waals surface area contributed by atoms with E-state index in [0.29, 0.717) is 40.6 Å². The fourth-order valence-corrected chi connectivity index (χ4v) is 4.38. The number of nitrogens with one attached hydrogen (secondary N) is 1. The summed E-state index contributed by atoms with van der Waals surface area (Å²) in [6, 6.07) is 0.525. The number of fused-ring (bicyclic) bond motifs is 2. The summed E-state index contributed by atoms with van der Waals surface area (Å²) in [5.74, 6) is 0.167. The van der Waals surface area contributed by atoms with Crippen molar-refractivity contribution in [3.05, 3.63) is 26.9 Å². The van der Waals surface area contributed by atoms with Gasteiger partial charge in [-0.05, 0) is 27.3 Å². The first-order chi connectivity index (χ1) is 12.3. The number of likely N-dealkylation sites (N-methyl/N-ethyl adjacent to an activating group) is 1. The number of halogens is 2. The largest absolute Gasteiger partial charge is 0.382 e. The average Bonchev–Trinajstić information content (AvgIpc) is 2.59. The Morgan fingerprint density at radius 3 is 2.77 bits per heavy atom. The first-order valence-electron chi connectivity index (χ1n) is 8.90. The molecule has 2 aliphatic heterocycles. The summed E-state index contributed by atoms with van der Waals surface area (Å²) in [5.41, 5.74) is 0.898. The van der Waals surface area contributed by atoms with Gasteiger partial charge in [-0.3, -0.25) is 9.47 Å². The standard InChI is InChI=1S/C18H23ClFN5O/c1-9-7-25-11(8-23(9)3)5-6-21-15-12-16(13(19)10(2)14(15)20)24(4)18(26)22-17(12)25/h9,11,21H,5-8H2,1-4H3. The molecule has 1 fully saturated rings. The maximum absolute atomic E-state index is 15.0. The number of benzene rings is 1. The van der Waals surface area contributed by atoms with E-state index in [2.05, 4.69) is 34.1 Å². The summed E-state index contributed by atoms with van der Waals surface area (Å²) in [4.78, 5) is 21.4. The lowest BCUT2D eigenvalue weighted by atomic mass is 10.0. The molecular weight excluding hydrogens is 357 g/mol. The summed E-state index contributed by atoms with van der Waals surface area (Å²) < 4.78 is 16.4. The van der Waals surface area contributed by atoms with Gasteiger partial charge in [-0.1, -0.05) is 11.6 Å². The van der Waals surface area contributed by atoms with Crippen LogP contribution in [0, 0.1) is 12.7 Å². The van der Waals surface area contributed by atoms with Gasteiger partial charge in [0.15, 0.2) is 5.82 Å². The van der Waals surface area contributed by atoms with E-state index in [1.165, 1.54) is 4.57 Å². The Morgan fingerprint density at radius 2 is 2.04 bits per heavy atom. The van der Waals surface area contributed by atoms with Crippen LogP contribution in [-0.2, 0) is 7.05 Å². The highest BCUT2D eigenvalue weighted by Gasteiger charge is 2.35. The second-order valence-electron chi connectivity index (χ2n) is 7.44. The van der Waals surface area contributed by atoms with Crippen LogP contribution in [0.15, 0.2) is 4.79 Å². The quantitative estimate of drug-likeness (QED) is 0.761. The third-order valence-corrected chi connectivity index (χ3v) is 6.29. The topological polar surface area (TPSA) is 53.4 Å². The van der Waals surface area contributed by atoms with Crippen molar-refractivity contribution in [2.75, 3.05) is 36.9 Å². The van der Waals surface area contributed by atoms with Gasteiger partial charge in [0.1, 0.15) is 5.82 Å². The molecular formula is C18H23ClFN5O. The first-order valence-corrected chi connectivity index (χ1v) is 9.28. The Balaban J connectivity index is 2.09. The monoisotopic (exact) mass is 379 g/mol. The van der Waals surface area contributed by atoms with E-state index in [9.17, 15) is 4.79 Å². The highest BCUT2D eigenvalue weighted by atomic mass is 35.5. The van der Waals surface area contributed by atoms with E-state index < -0.39 is 0 Å². The van der Waals surface area contributed by atoms with Crippen molar-refractivity contribution in [1.29, 1.82) is 0 Å². The number of hydrogen-bond acceptors (Lipinski definition) is 5. The maximum Gasteiger partial charge on any atom is 0.349 e. The highest BCUT2D eigenvalue weighted by molar-refractivity contribution is 6.37. The second kappa shape index (κ2) is 6.09. The minimum atomic E-state index is -0.378. The van der Waals surface area contributed by atoms with Crippen LogP contribution in [0.25, 0.3) is 10.9 Å². The number of nitrogens with zero attached hydrogens (tertiary/aromatic N) is 4. The average molecular weight is 380 g/mol. The molecule has 2 atom stereocenters. The predicted molar refractivity (Wildman–Crippen MR) is 103 cm³/mol. The third kappa shape index (κ3) is 2.41. The summed E-state index contributed by atoms with van der Waals surface area (Å²) in [5, 5.41) is 4.11. The molecule has 0 radical (unpaired) electrons. The Morgan fingerprint density at radius 1 is 1.31 bits per heavy atom. The zero-order chi connectivity index (χ0) is 18.7. The first kappa shape index (κ1) is 17.5. The number of aryl methyl sites for hydroxylation is 1. The van der Waals surface area contributed by atoms with Crippen LogP contribution in [0.4, 0.5) is 15.9 Å². The number of aromatic nitrogens is 2. The minimum Gasteiger partial charge on any atom is -0.382 e. The second-order valence-corrected chi connectivity index (χ2v) is 7.82. The number of rotatable bonds is 0. The molecule has 2 aliphatic rings. The molecule has 4 rings (SSSR count). The lowest BCUT2D eigenvalue weighted by molar-refractivity contribution is 0.196. The van der Waals surface area contributed by atoms with Crippen molar-refractivity contribution in [2.24, 2.45) is 7.05 Å². The summed E-state index contributed by atoms with van der Waals surface area (Å²) >= 11 is 6.47. The van der Waals surface area contributed by atoms with Crippen LogP contribution in [0.1, 0.15) is 18.9 Å². The fraction of sp³-hybridized carbons (Fsp3) is 0.556. The Bertz CT molecular complexity index is 959. The van der Waals surface area contributed by atoms with E-state index in [-0.39, 0.29) is 22.6 Å². The Labute approximate surface area is 156 Å². The molecule has 0 spiro atoms. The van der Waals surface area contributed by atoms with Gasteiger partial charge in [0.05, 0.1) is 21.6 Å². The van der Waals surface area contributed by atoms with Crippen molar-refractivity contribution in [3.8, 4) is 0 Å². The van der Waals surface area contributed by atoms with E-state index in [1.807, 2.05) is 0 Å². The zero-order valence-electron chi connectivity index (χ0n) is 15.4. The summed E-state index contributed by atoms with van der Waals surface area (Å²) in [7, 11) is 3.74. The van der Waals surface area contributed by atoms with Crippen LogP contribution in [0.5, 0.6) is 0 Å². The van der Waals surface area contributed by atoms with Crippen LogP contribution >= 0.6 is 11.6 Å². The van der Waals surface area contributed by atoms with Crippen LogP contribution in [-0.4, -0.2) is 53.2 Å². The molecule has 0 bridgehead atoms. The Kier molecular flexibility index (Phi) is 4.11. The molecule has 0 amide bonds. The number of piperazine rings is 1. The molecule has 2 aromatic rings. The minimum absolute atomic E-state index is 0.211. The summed E-state index contributed by atoms with van der Waals surface area (Å²) in [6.07, 6.45) is 0.843. The van der Waals surface area contributed by atoms with Gasteiger partial charge < -0.3 is 10.2 Å². The molecule has 140 valence electrons. The third-order valence-electron chi connectivity index (χ3n) is 5.82. The lowest BCUT2D eigenvalue weighted by Gasteiger charge is -2.45. The summed E-state index contributed by atoms with van der Waals surface area (Å²) in [6.45, 7) is 6.05. The van der Waals surface area contributed by atoms with Gasteiger partial charge in [0, 0.05) is 44.3 Å². The van der Waals surface area contributed by atoms with Gasteiger partial charge >= 0.3 is 5.69 Å². The molecule has 1 aromatic carbocycles. The maximum atomic E-state index is 15.0. The molecule has 3 heterocycles. The van der Waals surface area contributed by atoms with Crippen molar-refractivity contribution in [3.63, 3.8) is 0 Å². The fourth-order valence-electron chi connectivity index (χ4n) is 4.08. The molecule has 1 aromatic heterocycles. The molecule has 0 saturated carbocycles. The lowest BCUT2D eigenvalue weighted by Crippen LogP contribution is -2.57. The highest BCUT2D eigenvalue weighted by Crippen LogP contribution is 2.41. The van der Waals surface area contributed by atoms with E-state index >= 15 is 4.39 Å². The van der Waals surface area contributed by atoms with Crippen molar-refractivity contribution in [2.45, 2.75) is 32.4 Å². The van der Waals surface area contributed by atoms with Gasteiger partial charge in [-0.25, -0.2) is 9.18 Å². The van der Waals surface area contributed by atoms with E-state index in [1.54, 1.807) is 14.0 Å².